The minimum Gasteiger partial charge on any atom is -0.872 e. The Hall–Kier alpha value is -0.503. The normalized spacial score (nSPS) is 10.4. The van der Waals surface area contributed by atoms with Crippen molar-refractivity contribution in [1.82, 2.24) is 4.90 Å². The average Bonchev–Trinajstić information content (AvgIpc) is 2.24. The van der Waals surface area contributed by atoms with Gasteiger partial charge in [0.05, 0.1) is 13.2 Å². The molecule has 0 amide bonds. The molecule has 0 unspecified atom stereocenters. The third kappa shape index (κ3) is 5.58. The van der Waals surface area contributed by atoms with Crippen LogP contribution in [0.25, 0.3) is 0 Å². The van der Waals surface area contributed by atoms with Crippen molar-refractivity contribution in [3.05, 3.63) is 29.3 Å². The maximum absolute atomic E-state index is 11.6. The van der Waals surface area contributed by atoms with Gasteiger partial charge in [0.2, 0.25) is 0 Å². The Balaban J connectivity index is 0.00000256. The van der Waals surface area contributed by atoms with E-state index < -0.39 is 0 Å². The van der Waals surface area contributed by atoms with E-state index in [1.807, 2.05) is 17.9 Å². The molecule has 0 aromatic heterocycles. The summed E-state index contributed by atoms with van der Waals surface area (Å²) in [5.74, 6) is 0.00600. The van der Waals surface area contributed by atoms with Crippen molar-refractivity contribution in [3.8, 4) is 5.75 Å². The molecule has 2 N–H and O–H groups in total. The predicted octanol–water partition coefficient (Wildman–Crippen LogP) is -3.14. The van der Waals surface area contributed by atoms with E-state index in [1.165, 1.54) is 0 Å². The molecule has 1 rings (SSSR count). The summed E-state index contributed by atoms with van der Waals surface area (Å²) in [6.45, 7) is 3.40. The molecule has 0 fully saturated rings. The summed E-state index contributed by atoms with van der Waals surface area (Å²) in [7, 11) is 0. The molecular formula is C12H18LiNO3. The van der Waals surface area contributed by atoms with Gasteiger partial charge in [0.1, 0.15) is 0 Å². The van der Waals surface area contributed by atoms with E-state index in [9.17, 15) is 5.11 Å². The van der Waals surface area contributed by atoms with Crippen LogP contribution in [0.4, 0.5) is 0 Å². The summed E-state index contributed by atoms with van der Waals surface area (Å²) >= 11 is 0. The number of nitrogens with zero attached hydrogens (tertiary/aromatic N) is 1. The van der Waals surface area contributed by atoms with Gasteiger partial charge in [-0.1, -0.05) is 23.8 Å². The first-order valence-corrected chi connectivity index (χ1v) is 5.38. The monoisotopic (exact) mass is 231 g/mol. The summed E-state index contributed by atoms with van der Waals surface area (Å²) in [6.07, 6.45) is 0. The Morgan fingerprint density at radius 2 is 1.76 bits per heavy atom. The molecule has 4 nitrogen and oxygen atoms in total. The van der Waals surface area contributed by atoms with Crippen LogP contribution >= 0.6 is 0 Å². The third-order valence-corrected chi connectivity index (χ3v) is 2.44. The Morgan fingerprint density at radius 1 is 1.18 bits per heavy atom. The number of aliphatic hydroxyl groups excluding tert-OH is 2. The molecule has 90 valence electrons. The molecule has 0 bridgehead atoms. The second kappa shape index (κ2) is 8.57. The molecule has 0 saturated heterocycles. The fraction of sp³-hybridized carbons (Fsp3) is 0.500. The third-order valence-electron chi connectivity index (χ3n) is 2.44. The van der Waals surface area contributed by atoms with Crippen molar-refractivity contribution in [2.24, 2.45) is 0 Å². The van der Waals surface area contributed by atoms with Gasteiger partial charge in [0.15, 0.2) is 0 Å². The summed E-state index contributed by atoms with van der Waals surface area (Å²) in [6, 6.07) is 5.19. The minimum absolute atomic E-state index is 0. The first-order chi connectivity index (χ1) is 7.67. The summed E-state index contributed by atoms with van der Waals surface area (Å²) < 4.78 is 0. The zero-order chi connectivity index (χ0) is 12.0. The van der Waals surface area contributed by atoms with Crippen LogP contribution in [0.2, 0.25) is 0 Å². The molecule has 0 aliphatic heterocycles. The summed E-state index contributed by atoms with van der Waals surface area (Å²) in [5, 5.41) is 29.3. The zero-order valence-electron chi connectivity index (χ0n) is 10.5. The zero-order valence-corrected chi connectivity index (χ0v) is 10.5. The van der Waals surface area contributed by atoms with Crippen molar-refractivity contribution in [3.63, 3.8) is 0 Å². The van der Waals surface area contributed by atoms with Gasteiger partial charge in [0, 0.05) is 19.6 Å². The maximum atomic E-state index is 11.6. The molecule has 0 radical (unpaired) electrons. The first-order valence-electron chi connectivity index (χ1n) is 5.38. The van der Waals surface area contributed by atoms with Crippen LogP contribution in [0.3, 0.4) is 0 Å². The molecule has 1 aromatic carbocycles. The number of aliphatic hydroxyl groups is 2. The van der Waals surface area contributed by atoms with Crippen molar-refractivity contribution >= 4 is 0 Å². The summed E-state index contributed by atoms with van der Waals surface area (Å²) in [4.78, 5) is 1.86. The Bertz CT molecular complexity index is 328. The van der Waals surface area contributed by atoms with Gasteiger partial charge in [-0.05, 0) is 12.5 Å². The van der Waals surface area contributed by atoms with Crippen LogP contribution in [-0.4, -0.2) is 41.4 Å². The van der Waals surface area contributed by atoms with Crippen molar-refractivity contribution in [2.75, 3.05) is 26.3 Å². The topological polar surface area (TPSA) is 66.8 Å². The molecular weight excluding hydrogens is 213 g/mol. The quantitative estimate of drug-likeness (QED) is 0.508. The number of benzene rings is 1. The van der Waals surface area contributed by atoms with Gasteiger partial charge in [-0.2, -0.15) is 0 Å². The van der Waals surface area contributed by atoms with Crippen LogP contribution in [0.5, 0.6) is 5.75 Å². The van der Waals surface area contributed by atoms with Gasteiger partial charge >= 0.3 is 18.9 Å². The molecule has 0 saturated carbocycles. The molecule has 17 heavy (non-hydrogen) atoms. The largest absolute Gasteiger partial charge is 1.00 e. The van der Waals surface area contributed by atoms with E-state index in [4.69, 9.17) is 10.2 Å². The van der Waals surface area contributed by atoms with E-state index in [-0.39, 0.29) is 37.8 Å². The van der Waals surface area contributed by atoms with Gasteiger partial charge in [-0.3, -0.25) is 4.90 Å². The van der Waals surface area contributed by atoms with Crippen molar-refractivity contribution < 1.29 is 34.2 Å². The Morgan fingerprint density at radius 3 is 2.29 bits per heavy atom. The Kier molecular flexibility index (Phi) is 8.31. The van der Waals surface area contributed by atoms with Crippen LogP contribution < -0.4 is 24.0 Å². The van der Waals surface area contributed by atoms with E-state index in [1.54, 1.807) is 12.1 Å². The van der Waals surface area contributed by atoms with E-state index in [0.717, 1.165) is 5.56 Å². The summed E-state index contributed by atoms with van der Waals surface area (Å²) in [5.41, 5.74) is 1.75. The maximum Gasteiger partial charge on any atom is 1.00 e. The van der Waals surface area contributed by atoms with Crippen molar-refractivity contribution in [1.29, 1.82) is 0 Å². The fourth-order valence-electron chi connectivity index (χ4n) is 1.63. The average molecular weight is 231 g/mol. The number of hydrogen-bond donors (Lipinski definition) is 2. The van der Waals surface area contributed by atoms with Crippen LogP contribution in [-0.2, 0) is 6.54 Å². The molecule has 5 heteroatoms. The molecule has 0 aliphatic carbocycles. The molecule has 1 aromatic rings. The van der Waals surface area contributed by atoms with Gasteiger partial charge < -0.3 is 15.3 Å². The van der Waals surface area contributed by atoms with Gasteiger partial charge in [-0.25, -0.2) is 0 Å². The van der Waals surface area contributed by atoms with E-state index in [2.05, 4.69) is 0 Å². The van der Waals surface area contributed by atoms with Crippen LogP contribution in [0.1, 0.15) is 11.1 Å². The number of aryl methyl sites for hydroxylation is 1. The minimum atomic E-state index is 0. The van der Waals surface area contributed by atoms with Gasteiger partial charge in [0.25, 0.3) is 0 Å². The molecule has 0 atom stereocenters. The first kappa shape index (κ1) is 16.5. The number of rotatable bonds is 6. The SMILES string of the molecule is Cc1ccc([O-])c(CN(CCO)CCO)c1.[Li+]. The standard InChI is InChI=1S/C12H19NO3.Li/c1-10-2-3-12(16)11(8-10)9-13(4-6-14)5-7-15;/h2-3,8,14-16H,4-7,9H2,1H3;/q;+1/p-1. The molecule has 0 heterocycles. The second-order valence-electron chi connectivity index (χ2n) is 3.83. The second-order valence-corrected chi connectivity index (χ2v) is 3.83. The number of hydrogen-bond acceptors (Lipinski definition) is 4. The Labute approximate surface area is 114 Å². The molecule has 0 aliphatic rings. The van der Waals surface area contributed by atoms with Crippen LogP contribution in [0, 0.1) is 6.92 Å². The molecule has 0 spiro atoms. The predicted molar refractivity (Wildman–Crippen MR) is 60.1 cm³/mol. The van der Waals surface area contributed by atoms with Crippen LogP contribution in [0.15, 0.2) is 18.2 Å². The van der Waals surface area contributed by atoms with Gasteiger partial charge in [-0.15, -0.1) is 5.75 Å². The van der Waals surface area contributed by atoms with E-state index >= 15 is 0 Å². The fourth-order valence-corrected chi connectivity index (χ4v) is 1.63. The van der Waals surface area contributed by atoms with E-state index in [0.29, 0.717) is 25.2 Å². The van der Waals surface area contributed by atoms with Crippen molar-refractivity contribution in [2.45, 2.75) is 13.5 Å². The smallest absolute Gasteiger partial charge is 0.872 e.